The molecule has 156 valence electrons. The number of carbonyl (C=O) groups excluding carboxylic acids is 1. The number of hydrogen-bond donors (Lipinski definition) is 1. The molecule has 1 aromatic heterocycles. The molecule has 0 saturated carbocycles. The van der Waals surface area contributed by atoms with Crippen LogP contribution in [0, 0.1) is 12.7 Å². The van der Waals surface area contributed by atoms with E-state index >= 15 is 0 Å². The predicted molar refractivity (Wildman–Crippen MR) is 122 cm³/mol. The molecule has 0 saturated heterocycles. The van der Waals surface area contributed by atoms with Crippen LogP contribution < -0.4 is 5.32 Å². The topological polar surface area (TPSA) is 59.8 Å². The fourth-order valence-corrected chi connectivity index (χ4v) is 4.42. The zero-order valence-corrected chi connectivity index (χ0v) is 18.3. The van der Waals surface area contributed by atoms with Crippen LogP contribution in [0.4, 0.5) is 10.1 Å². The van der Waals surface area contributed by atoms with Gasteiger partial charge in [0, 0.05) is 18.0 Å². The summed E-state index contributed by atoms with van der Waals surface area (Å²) in [6.07, 6.45) is 1.79. The molecule has 1 amide bonds. The van der Waals surface area contributed by atoms with Gasteiger partial charge in [0.15, 0.2) is 5.16 Å². The molecule has 0 aliphatic rings. The van der Waals surface area contributed by atoms with E-state index in [-0.39, 0.29) is 17.5 Å². The fraction of sp³-hybridized carbons (Fsp3) is 0.227. The summed E-state index contributed by atoms with van der Waals surface area (Å²) in [6.45, 7) is 6.20. The van der Waals surface area contributed by atoms with E-state index in [0.29, 0.717) is 23.1 Å². The molecule has 8 heteroatoms. The summed E-state index contributed by atoms with van der Waals surface area (Å²) in [7, 11) is 0. The van der Waals surface area contributed by atoms with Crippen molar-refractivity contribution in [2.45, 2.75) is 30.1 Å². The van der Waals surface area contributed by atoms with Crippen molar-refractivity contribution in [1.82, 2.24) is 14.8 Å². The molecule has 0 aliphatic heterocycles. The van der Waals surface area contributed by atoms with Crippen LogP contribution in [0.1, 0.15) is 17.0 Å². The van der Waals surface area contributed by atoms with Gasteiger partial charge in [-0.1, -0.05) is 54.2 Å². The molecule has 2 aromatic carbocycles. The molecule has 5 nitrogen and oxygen atoms in total. The summed E-state index contributed by atoms with van der Waals surface area (Å²) in [5.41, 5.74) is 2.55. The number of aromatic nitrogens is 3. The molecular formula is C22H23FN4OS2. The van der Waals surface area contributed by atoms with Crippen molar-refractivity contribution in [2.75, 3.05) is 11.1 Å². The van der Waals surface area contributed by atoms with Gasteiger partial charge in [-0.25, -0.2) is 4.39 Å². The maximum Gasteiger partial charge on any atom is 0.234 e. The highest BCUT2D eigenvalue weighted by Gasteiger charge is 2.14. The summed E-state index contributed by atoms with van der Waals surface area (Å²) in [6, 6.07) is 14.6. The molecule has 30 heavy (non-hydrogen) atoms. The Balaban J connectivity index is 1.58. The SMILES string of the molecule is C=CCn1c(CSCc2ccccc2)nnc1SCC(=O)Nc1cc(F)ccc1C. The first-order valence-electron chi connectivity index (χ1n) is 9.40. The van der Waals surface area contributed by atoms with Crippen LogP contribution in [-0.4, -0.2) is 26.4 Å². The first-order valence-corrected chi connectivity index (χ1v) is 11.5. The van der Waals surface area contributed by atoms with Gasteiger partial charge in [0.25, 0.3) is 0 Å². The minimum atomic E-state index is -0.382. The lowest BCUT2D eigenvalue weighted by molar-refractivity contribution is -0.113. The highest BCUT2D eigenvalue weighted by molar-refractivity contribution is 7.99. The minimum absolute atomic E-state index is 0.155. The van der Waals surface area contributed by atoms with Crippen molar-refractivity contribution in [3.8, 4) is 0 Å². The van der Waals surface area contributed by atoms with E-state index in [1.54, 1.807) is 23.9 Å². The summed E-state index contributed by atoms with van der Waals surface area (Å²) in [5.74, 6) is 2.00. The molecule has 0 unspecified atom stereocenters. The van der Waals surface area contributed by atoms with Gasteiger partial charge in [-0.15, -0.1) is 28.5 Å². The van der Waals surface area contributed by atoms with Crippen molar-refractivity contribution < 1.29 is 9.18 Å². The van der Waals surface area contributed by atoms with Gasteiger partial charge >= 0.3 is 0 Å². The van der Waals surface area contributed by atoms with Gasteiger partial charge in [0.1, 0.15) is 11.6 Å². The Labute approximate surface area is 184 Å². The number of thioether (sulfide) groups is 2. The van der Waals surface area contributed by atoms with Crippen LogP contribution in [0.5, 0.6) is 0 Å². The number of benzene rings is 2. The summed E-state index contributed by atoms with van der Waals surface area (Å²) in [5, 5.41) is 12.0. The first-order chi connectivity index (χ1) is 14.6. The highest BCUT2D eigenvalue weighted by Crippen LogP contribution is 2.23. The molecule has 1 heterocycles. The largest absolute Gasteiger partial charge is 0.325 e. The molecule has 0 radical (unpaired) electrons. The quantitative estimate of drug-likeness (QED) is 0.351. The predicted octanol–water partition coefficient (Wildman–Crippen LogP) is 5.08. The lowest BCUT2D eigenvalue weighted by Gasteiger charge is -2.09. The van der Waals surface area contributed by atoms with E-state index in [9.17, 15) is 9.18 Å². The van der Waals surface area contributed by atoms with Crippen molar-refractivity contribution in [3.63, 3.8) is 0 Å². The Morgan fingerprint density at radius 2 is 2.00 bits per heavy atom. The van der Waals surface area contributed by atoms with Gasteiger partial charge in [-0.3, -0.25) is 4.79 Å². The lowest BCUT2D eigenvalue weighted by Crippen LogP contribution is -2.15. The van der Waals surface area contributed by atoms with Crippen molar-refractivity contribution in [3.05, 3.63) is 84.0 Å². The van der Waals surface area contributed by atoms with E-state index in [1.165, 1.54) is 29.5 Å². The molecular weight excluding hydrogens is 419 g/mol. The van der Waals surface area contributed by atoms with E-state index in [0.717, 1.165) is 17.1 Å². The molecule has 0 aliphatic carbocycles. The molecule has 3 aromatic rings. The minimum Gasteiger partial charge on any atom is -0.325 e. The van der Waals surface area contributed by atoms with Crippen LogP contribution in [-0.2, 0) is 22.8 Å². The third kappa shape index (κ3) is 6.21. The van der Waals surface area contributed by atoms with Crippen LogP contribution in [0.2, 0.25) is 0 Å². The van der Waals surface area contributed by atoms with E-state index in [2.05, 4.69) is 34.2 Å². The number of aryl methyl sites for hydroxylation is 1. The number of anilines is 1. The Morgan fingerprint density at radius 3 is 2.77 bits per heavy atom. The molecule has 0 fully saturated rings. The average molecular weight is 443 g/mol. The smallest absolute Gasteiger partial charge is 0.234 e. The summed E-state index contributed by atoms with van der Waals surface area (Å²) >= 11 is 3.06. The number of amides is 1. The third-order valence-corrected chi connectivity index (χ3v) is 6.22. The maximum atomic E-state index is 13.4. The summed E-state index contributed by atoms with van der Waals surface area (Å²) < 4.78 is 15.4. The van der Waals surface area contributed by atoms with Gasteiger partial charge in [-0.05, 0) is 30.2 Å². The summed E-state index contributed by atoms with van der Waals surface area (Å²) in [4.78, 5) is 12.3. The molecule has 3 rings (SSSR count). The molecule has 0 spiro atoms. The van der Waals surface area contributed by atoms with E-state index in [1.807, 2.05) is 29.7 Å². The fourth-order valence-electron chi connectivity index (χ4n) is 2.72. The first kappa shape index (κ1) is 22.1. The monoisotopic (exact) mass is 442 g/mol. The zero-order chi connectivity index (χ0) is 21.3. The Morgan fingerprint density at radius 1 is 1.20 bits per heavy atom. The van der Waals surface area contributed by atoms with Gasteiger partial charge in [-0.2, -0.15) is 0 Å². The van der Waals surface area contributed by atoms with Gasteiger partial charge in [0.05, 0.1) is 11.5 Å². The second-order valence-corrected chi connectivity index (χ2v) is 8.50. The number of hydrogen-bond acceptors (Lipinski definition) is 5. The van der Waals surface area contributed by atoms with Crippen LogP contribution >= 0.6 is 23.5 Å². The van der Waals surface area contributed by atoms with Gasteiger partial charge in [0.2, 0.25) is 5.91 Å². The molecule has 0 bridgehead atoms. The number of rotatable bonds is 10. The molecule has 1 N–H and O–H groups in total. The normalized spacial score (nSPS) is 10.7. The highest BCUT2D eigenvalue weighted by atomic mass is 32.2. The number of allylic oxidation sites excluding steroid dienone is 1. The van der Waals surface area contributed by atoms with Crippen molar-refractivity contribution >= 4 is 35.1 Å². The van der Waals surface area contributed by atoms with E-state index in [4.69, 9.17) is 0 Å². The lowest BCUT2D eigenvalue weighted by atomic mass is 10.2. The Hall–Kier alpha value is -2.58. The zero-order valence-electron chi connectivity index (χ0n) is 16.7. The second-order valence-electron chi connectivity index (χ2n) is 6.57. The number of nitrogens with one attached hydrogen (secondary N) is 1. The van der Waals surface area contributed by atoms with Crippen molar-refractivity contribution in [1.29, 1.82) is 0 Å². The van der Waals surface area contributed by atoms with E-state index < -0.39 is 0 Å². The van der Waals surface area contributed by atoms with Crippen LogP contribution in [0.15, 0.2) is 66.3 Å². The average Bonchev–Trinajstić information content (AvgIpc) is 3.12. The number of nitrogens with zero attached hydrogens (tertiary/aromatic N) is 3. The van der Waals surface area contributed by atoms with Gasteiger partial charge < -0.3 is 9.88 Å². The Bertz CT molecular complexity index is 1010. The third-order valence-electron chi connectivity index (χ3n) is 4.25. The maximum absolute atomic E-state index is 13.4. The Kier molecular flexibility index (Phi) is 8.10. The standard InChI is InChI=1S/C22H23FN4OS2/c1-3-11-27-20(14-29-13-17-7-5-4-6-8-17)25-26-22(27)30-15-21(28)24-19-12-18(23)10-9-16(19)2/h3-10,12H,1,11,13-15H2,2H3,(H,24,28). The number of carbonyl (C=O) groups is 1. The molecule has 0 atom stereocenters. The van der Waals surface area contributed by atoms with Crippen LogP contribution in [0.3, 0.4) is 0 Å². The second kappa shape index (κ2) is 11.0. The van der Waals surface area contributed by atoms with Crippen LogP contribution in [0.25, 0.3) is 0 Å². The van der Waals surface area contributed by atoms with Crippen molar-refractivity contribution in [2.24, 2.45) is 0 Å². The number of halogens is 1.